The lowest BCUT2D eigenvalue weighted by Crippen LogP contribution is -2.49. The molecule has 5 nitrogen and oxygen atoms in total. The Morgan fingerprint density at radius 2 is 2.00 bits per heavy atom. The zero-order chi connectivity index (χ0) is 16.2. The van der Waals surface area contributed by atoms with Gasteiger partial charge in [0, 0.05) is 45.9 Å². The monoisotopic (exact) mass is 440 g/mol. The number of hydrogen-bond acceptors (Lipinski definition) is 3. The van der Waals surface area contributed by atoms with Gasteiger partial charge in [-0.1, -0.05) is 20.8 Å². The van der Waals surface area contributed by atoms with Gasteiger partial charge in [-0.25, -0.2) is 0 Å². The van der Waals surface area contributed by atoms with E-state index in [1.54, 1.807) is 0 Å². The number of piperidine rings is 1. The molecule has 0 aromatic heterocycles. The Kier molecular flexibility index (Phi) is 14.2. The second-order valence-electron chi connectivity index (χ2n) is 6.58. The number of halogens is 1. The molecule has 1 aliphatic heterocycles. The quantitative estimate of drug-likeness (QED) is 0.251. The molecule has 1 aliphatic rings. The molecule has 1 heterocycles. The Morgan fingerprint density at radius 1 is 1.30 bits per heavy atom. The van der Waals surface area contributed by atoms with E-state index < -0.39 is 0 Å². The molecule has 0 aromatic carbocycles. The lowest BCUT2D eigenvalue weighted by Gasteiger charge is -2.32. The standard InChI is InChI=1S/C17H36N4O.HI/c1-5-10-21-11-7-16(8-12-21)20-17(18-4)19-9-6-13-22-14-15(2)3;/h15-16H,5-14H2,1-4H3,(H2,18,19,20);1H. The second-order valence-corrected chi connectivity index (χ2v) is 6.58. The molecule has 0 saturated carbocycles. The summed E-state index contributed by atoms with van der Waals surface area (Å²) in [5.41, 5.74) is 0. The molecule has 0 atom stereocenters. The van der Waals surface area contributed by atoms with Gasteiger partial charge in [0.25, 0.3) is 0 Å². The van der Waals surface area contributed by atoms with Gasteiger partial charge in [-0.05, 0) is 38.1 Å². The summed E-state index contributed by atoms with van der Waals surface area (Å²) < 4.78 is 5.59. The van der Waals surface area contributed by atoms with E-state index in [1.165, 1.54) is 38.9 Å². The average Bonchev–Trinajstić information content (AvgIpc) is 2.51. The topological polar surface area (TPSA) is 48.9 Å². The van der Waals surface area contributed by atoms with Crippen molar-refractivity contribution >= 4 is 29.9 Å². The normalized spacial score (nSPS) is 17.2. The minimum Gasteiger partial charge on any atom is -0.381 e. The van der Waals surface area contributed by atoms with Gasteiger partial charge >= 0.3 is 0 Å². The molecule has 0 amide bonds. The SMILES string of the molecule is CCCN1CCC(NC(=NC)NCCCOCC(C)C)CC1.I. The van der Waals surface area contributed by atoms with Crippen LogP contribution in [0.15, 0.2) is 4.99 Å². The van der Waals surface area contributed by atoms with E-state index in [0.29, 0.717) is 12.0 Å². The first-order chi connectivity index (χ1) is 10.7. The van der Waals surface area contributed by atoms with Gasteiger partial charge in [0.15, 0.2) is 5.96 Å². The fourth-order valence-corrected chi connectivity index (χ4v) is 2.71. The minimum absolute atomic E-state index is 0. The molecule has 0 unspecified atom stereocenters. The third kappa shape index (κ3) is 11.2. The van der Waals surface area contributed by atoms with E-state index in [0.717, 1.165) is 32.1 Å². The molecule has 0 aromatic rings. The van der Waals surface area contributed by atoms with Gasteiger partial charge < -0.3 is 20.3 Å². The number of nitrogens with one attached hydrogen (secondary N) is 2. The molecule has 0 aliphatic carbocycles. The largest absolute Gasteiger partial charge is 0.381 e. The fraction of sp³-hybridized carbons (Fsp3) is 0.941. The summed E-state index contributed by atoms with van der Waals surface area (Å²) in [6.45, 7) is 12.8. The van der Waals surface area contributed by atoms with Gasteiger partial charge in [0.05, 0.1) is 0 Å². The molecule has 0 radical (unpaired) electrons. The number of nitrogens with zero attached hydrogens (tertiary/aromatic N) is 2. The summed E-state index contributed by atoms with van der Waals surface area (Å²) in [6.07, 6.45) is 4.68. The molecule has 1 fully saturated rings. The lowest BCUT2D eigenvalue weighted by molar-refractivity contribution is 0.108. The van der Waals surface area contributed by atoms with E-state index in [-0.39, 0.29) is 24.0 Å². The van der Waals surface area contributed by atoms with Crippen LogP contribution in [0.3, 0.4) is 0 Å². The van der Waals surface area contributed by atoms with E-state index in [4.69, 9.17) is 4.74 Å². The van der Waals surface area contributed by atoms with Crippen molar-refractivity contribution < 1.29 is 4.74 Å². The predicted octanol–water partition coefficient (Wildman–Crippen LogP) is 2.71. The van der Waals surface area contributed by atoms with Crippen molar-refractivity contribution in [1.29, 1.82) is 0 Å². The van der Waals surface area contributed by atoms with Gasteiger partial charge in [0.2, 0.25) is 0 Å². The van der Waals surface area contributed by atoms with Crippen LogP contribution in [0.5, 0.6) is 0 Å². The highest BCUT2D eigenvalue weighted by Gasteiger charge is 2.19. The molecular weight excluding hydrogens is 403 g/mol. The molecule has 138 valence electrons. The van der Waals surface area contributed by atoms with E-state index in [1.807, 2.05) is 7.05 Å². The summed E-state index contributed by atoms with van der Waals surface area (Å²) in [5, 5.41) is 6.94. The number of aliphatic imine (C=N–C) groups is 1. The van der Waals surface area contributed by atoms with Gasteiger partial charge in [-0.15, -0.1) is 24.0 Å². The van der Waals surface area contributed by atoms with Crippen LogP contribution in [0.2, 0.25) is 0 Å². The van der Waals surface area contributed by atoms with Gasteiger partial charge in [-0.3, -0.25) is 4.99 Å². The highest BCUT2D eigenvalue weighted by atomic mass is 127. The molecule has 1 rings (SSSR count). The first-order valence-electron chi connectivity index (χ1n) is 8.93. The highest BCUT2D eigenvalue weighted by molar-refractivity contribution is 14.0. The van der Waals surface area contributed by atoms with Crippen LogP contribution in [0, 0.1) is 5.92 Å². The van der Waals surface area contributed by atoms with Crippen LogP contribution >= 0.6 is 24.0 Å². The second kappa shape index (κ2) is 14.3. The van der Waals surface area contributed by atoms with Gasteiger partial charge in [-0.2, -0.15) is 0 Å². The molecule has 0 bridgehead atoms. The first kappa shape index (κ1) is 22.9. The van der Waals surface area contributed by atoms with Gasteiger partial charge in [0.1, 0.15) is 0 Å². The number of hydrogen-bond donors (Lipinski definition) is 2. The maximum absolute atomic E-state index is 5.59. The summed E-state index contributed by atoms with van der Waals surface area (Å²) in [4.78, 5) is 6.88. The minimum atomic E-state index is 0. The Morgan fingerprint density at radius 3 is 2.57 bits per heavy atom. The maximum atomic E-state index is 5.59. The maximum Gasteiger partial charge on any atom is 0.191 e. The van der Waals surface area contributed by atoms with E-state index in [9.17, 15) is 0 Å². The smallest absolute Gasteiger partial charge is 0.191 e. The molecule has 0 spiro atoms. The zero-order valence-electron chi connectivity index (χ0n) is 15.4. The highest BCUT2D eigenvalue weighted by Crippen LogP contribution is 2.10. The Balaban J connectivity index is 0.00000484. The van der Waals surface area contributed by atoms with Crippen LogP contribution in [-0.2, 0) is 4.74 Å². The Hall–Kier alpha value is -0.0800. The number of ether oxygens (including phenoxy) is 1. The van der Waals surface area contributed by atoms with Crippen molar-refractivity contribution in [2.24, 2.45) is 10.9 Å². The first-order valence-corrected chi connectivity index (χ1v) is 8.93. The number of guanidine groups is 1. The predicted molar refractivity (Wildman–Crippen MR) is 110 cm³/mol. The number of likely N-dealkylation sites (tertiary alicyclic amines) is 1. The fourth-order valence-electron chi connectivity index (χ4n) is 2.71. The molecule has 2 N–H and O–H groups in total. The summed E-state index contributed by atoms with van der Waals surface area (Å²) in [7, 11) is 1.84. The molecular formula is C17H37IN4O. The van der Waals surface area contributed by atoms with Crippen molar-refractivity contribution in [3.63, 3.8) is 0 Å². The number of rotatable bonds is 9. The average molecular weight is 440 g/mol. The van der Waals surface area contributed by atoms with Crippen molar-refractivity contribution in [2.75, 3.05) is 46.4 Å². The van der Waals surface area contributed by atoms with Crippen LogP contribution in [0.4, 0.5) is 0 Å². The van der Waals surface area contributed by atoms with Crippen LogP contribution < -0.4 is 10.6 Å². The van der Waals surface area contributed by atoms with Crippen molar-refractivity contribution in [3.8, 4) is 0 Å². The molecule has 1 saturated heterocycles. The summed E-state index contributed by atoms with van der Waals surface area (Å²) in [5.74, 6) is 1.54. The van der Waals surface area contributed by atoms with Crippen LogP contribution in [0.25, 0.3) is 0 Å². The molecule has 6 heteroatoms. The van der Waals surface area contributed by atoms with E-state index in [2.05, 4.69) is 41.3 Å². The molecule has 23 heavy (non-hydrogen) atoms. The Labute approximate surface area is 160 Å². The Bertz CT molecular complexity index is 305. The third-order valence-electron chi connectivity index (χ3n) is 3.90. The van der Waals surface area contributed by atoms with Crippen LogP contribution in [-0.4, -0.2) is 63.3 Å². The summed E-state index contributed by atoms with van der Waals surface area (Å²) in [6, 6.07) is 0.552. The third-order valence-corrected chi connectivity index (χ3v) is 3.90. The lowest BCUT2D eigenvalue weighted by atomic mass is 10.1. The summed E-state index contributed by atoms with van der Waals surface area (Å²) >= 11 is 0. The van der Waals surface area contributed by atoms with Crippen molar-refractivity contribution in [3.05, 3.63) is 0 Å². The van der Waals surface area contributed by atoms with Crippen molar-refractivity contribution in [2.45, 2.75) is 52.5 Å². The van der Waals surface area contributed by atoms with Crippen molar-refractivity contribution in [1.82, 2.24) is 15.5 Å². The van der Waals surface area contributed by atoms with E-state index >= 15 is 0 Å². The zero-order valence-corrected chi connectivity index (χ0v) is 17.8. The van der Waals surface area contributed by atoms with Crippen LogP contribution in [0.1, 0.15) is 46.5 Å².